The van der Waals surface area contributed by atoms with Crippen LogP contribution in [0.4, 0.5) is 14.5 Å². The number of aromatic nitrogens is 1. The van der Waals surface area contributed by atoms with Gasteiger partial charge in [0.25, 0.3) is 0 Å². The third kappa shape index (κ3) is 3.05. The van der Waals surface area contributed by atoms with Crippen LogP contribution in [0.15, 0.2) is 18.3 Å². The van der Waals surface area contributed by atoms with E-state index in [9.17, 15) is 8.78 Å². The van der Waals surface area contributed by atoms with E-state index in [2.05, 4.69) is 22.5 Å². The Morgan fingerprint density at radius 3 is 2.74 bits per heavy atom. The van der Waals surface area contributed by atoms with E-state index in [1.54, 1.807) is 6.20 Å². The van der Waals surface area contributed by atoms with Gasteiger partial charge in [0.15, 0.2) is 11.6 Å². The normalized spacial score (nSPS) is 10.5. The van der Waals surface area contributed by atoms with E-state index in [0.29, 0.717) is 6.54 Å². The summed E-state index contributed by atoms with van der Waals surface area (Å²) >= 11 is 6.13. The summed E-state index contributed by atoms with van der Waals surface area (Å²) in [5.41, 5.74) is 5.26. The van der Waals surface area contributed by atoms with Gasteiger partial charge in [0.05, 0.1) is 12.2 Å². The van der Waals surface area contributed by atoms with Gasteiger partial charge in [0, 0.05) is 16.6 Å². The predicted molar refractivity (Wildman–Crippen MR) is 76.4 cm³/mol. The van der Waals surface area contributed by atoms with Gasteiger partial charge in [-0.05, 0) is 19.1 Å². The largest absolute Gasteiger partial charge is 0.389 e. The number of aryl methyl sites for hydroxylation is 1. The smallest absolute Gasteiger partial charge is 0.182 e. The van der Waals surface area contributed by atoms with Crippen molar-refractivity contribution in [1.29, 1.82) is 0 Å². The monoisotopic (exact) mass is 299 g/mol. The molecule has 100 valence electrons. The highest BCUT2D eigenvalue weighted by Gasteiger charge is 2.15. The van der Waals surface area contributed by atoms with E-state index >= 15 is 0 Å². The summed E-state index contributed by atoms with van der Waals surface area (Å²) in [4.78, 5) is 5.02. The Kier molecular flexibility index (Phi) is 4.06. The number of thiazole rings is 1. The minimum absolute atomic E-state index is 0.0605. The molecule has 3 nitrogen and oxygen atoms in total. The zero-order valence-electron chi connectivity index (χ0n) is 10.0. The summed E-state index contributed by atoms with van der Waals surface area (Å²) in [5, 5.41) is 3.60. The SMILES string of the molecule is Cc1cnc(CNc2ccc(C(N)=S)c(F)c2F)s1. The van der Waals surface area contributed by atoms with Gasteiger partial charge in [-0.25, -0.2) is 13.8 Å². The molecular weight excluding hydrogens is 288 g/mol. The molecule has 0 radical (unpaired) electrons. The lowest BCUT2D eigenvalue weighted by Gasteiger charge is -2.09. The van der Waals surface area contributed by atoms with Gasteiger partial charge in [-0.2, -0.15) is 0 Å². The number of benzene rings is 1. The van der Waals surface area contributed by atoms with Crippen LogP contribution >= 0.6 is 23.6 Å². The van der Waals surface area contributed by atoms with E-state index in [1.165, 1.54) is 23.5 Å². The molecule has 1 aromatic heterocycles. The summed E-state index contributed by atoms with van der Waals surface area (Å²) < 4.78 is 27.4. The van der Waals surface area contributed by atoms with Crippen LogP contribution in [0.5, 0.6) is 0 Å². The first kappa shape index (κ1) is 13.8. The first-order valence-corrected chi connectivity index (χ1v) is 6.64. The van der Waals surface area contributed by atoms with Crippen molar-refractivity contribution in [3.05, 3.63) is 45.4 Å². The molecule has 7 heteroatoms. The molecule has 0 fully saturated rings. The van der Waals surface area contributed by atoms with E-state index in [4.69, 9.17) is 5.73 Å². The Morgan fingerprint density at radius 2 is 2.16 bits per heavy atom. The molecule has 0 unspecified atom stereocenters. The zero-order valence-corrected chi connectivity index (χ0v) is 11.7. The number of nitrogens with two attached hydrogens (primary N) is 1. The van der Waals surface area contributed by atoms with Crippen molar-refractivity contribution in [2.24, 2.45) is 5.73 Å². The zero-order chi connectivity index (χ0) is 14.0. The van der Waals surface area contributed by atoms with E-state index in [1.807, 2.05) is 6.92 Å². The number of thiocarbonyl (C=S) groups is 1. The van der Waals surface area contributed by atoms with Crippen LogP contribution in [0.1, 0.15) is 15.4 Å². The van der Waals surface area contributed by atoms with Crippen LogP contribution in [0.25, 0.3) is 0 Å². The second kappa shape index (κ2) is 5.58. The molecule has 0 saturated carbocycles. The average molecular weight is 299 g/mol. The van der Waals surface area contributed by atoms with Gasteiger partial charge in [0.2, 0.25) is 0 Å². The fraction of sp³-hybridized carbons (Fsp3) is 0.167. The van der Waals surface area contributed by atoms with Crippen molar-refractivity contribution in [2.75, 3.05) is 5.32 Å². The Labute approximate surface area is 118 Å². The highest BCUT2D eigenvalue weighted by molar-refractivity contribution is 7.80. The molecule has 0 spiro atoms. The molecule has 2 aromatic rings. The Hall–Kier alpha value is -1.60. The van der Waals surface area contributed by atoms with Gasteiger partial charge < -0.3 is 11.1 Å². The third-order valence-electron chi connectivity index (χ3n) is 2.45. The van der Waals surface area contributed by atoms with Crippen LogP contribution in [0, 0.1) is 18.6 Å². The molecule has 0 bridgehead atoms. The summed E-state index contributed by atoms with van der Waals surface area (Å²) in [6, 6.07) is 2.77. The quantitative estimate of drug-likeness (QED) is 0.852. The number of nitrogens with zero attached hydrogens (tertiary/aromatic N) is 1. The van der Waals surface area contributed by atoms with Crippen molar-refractivity contribution >= 4 is 34.2 Å². The van der Waals surface area contributed by atoms with E-state index in [0.717, 1.165) is 9.88 Å². The Balaban J connectivity index is 2.17. The maximum absolute atomic E-state index is 13.8. The lowest BCUT2D eigenvalue weighted by molar-refractivity contribution is 0.509. The lowest BCUT2D eigenvalue weighted by Crippen LogP contribution is -2.13. The fourth-order valence-electron chi connectivity index (χ4n) is 1.53. The predicted octanol–water partition coefficient (Wildman–Crippen LogP) is 2.98. The highest BCUT2D eigenvalue weighted by atomic mass is 32.1. The third-order valence-corrected chi connectivity index (χ3v) is 3.58. The lowest BCUT2D eigenvalue weighted by atomic mass is 10.2. The minimum atomic E-state index is -1.03. The Morgan fingerprint density at radius 1 is 1.42 bits per heavy atom. The van der Waals surface area contributed by atoms with Crippen molar-refractivity contribution < 1.29 is 8.78 Å². The van der Waals surface area contributed by atoms with E-state index < -0.39 is 11.6 Å². The molecule has 2 rings (SSSR count). The number of anilines is 1. The number of hydrogen-bond donors (Lipinski definition) is 2. The highest BCUT2D eigenvalue weighted by Crippen LogP contribution is 2.22. The van der Waals surface area contributed by atoms with Crippen molar-refractivity contribution in [3.8, 4) is 0 Å². The second-order valence-corrected chi connectivity index (χ2v) is 5.63. The minimum Gasteiger partial charge on any atom is -0.389 e. The van der Waals surface area contributed by atoms with Crippen LogP contribution < -0.4 is 11.1 Å². The standard InChI is InChI=1S/C12H11F2N3S2/c1-6-4-17-9(19-6)5-16-8-3-2-7(12(15)18)10(13)11(8)14/h2-4,16H,5H2,1H3,(H2,15,18). The summed E-state index contributed by atoms with van der Waals surface area (Å²) in [5.74, 6) is -2.02. The maximum atomic E-state index is 13.8. The molecule has 0 aliphatic carbocycles. The van der Waals surface area contributed by atoms with Crippen molar-refractivity contribution in [3.63, 3.8) is 0 Å². The molecule has 0 amide bonds. The second-order valence-electron chi connectivity index (χ2n) is 3.87. The van der Waals surface area contributed by atoms with Gasteiger partial charge in [-0.15, -0.1) is 11.3 Å². The molecule has 19 heavy (non-hydrogen) atoms. The van der Waals surface area contributed by atoms with Gasteiger partial charge in [0.1, 0.15) is 10.00 Å². The van der Waals surface area contributed by atoms with Crippen molar-refractivity contribution in [2.45, 2.75) is 13.5 Å². The van der Waals surface area contributed by atoms with Gasteiger partial charge >= 0.3 is 0 Å². The van der Waals surface area contributed by atoms with Crippen molar-refractivity contribution in [1.82, 2.24) is 4.98 Å². The fourth-order valence-corrected chi connectivity index (χ4v) is 2.41. The van der Waals surface area contributed by atoms with Gasteiger partial charge in [-0.3, -0.25) is 0 Å². The molecule has 1 heterocycles. The van der Waals surface area contributed by atoms with Crippen LogP contribution in [0.3, 0.4) is 0 Å². The number of halogens is 2. The summed E-state index contributed by atoms with van der Waals surface area (Å²) in [7, 11) is 0. The number of nitrogens with one attached hydrogen (secondary N) is 1. The first-order valence-electron chi connectivity index (χ1n) is 5.42. The molecule has 1 aromatic carbocycles. The number of hydrogen-bond acceptors (Lipinski definition) is 4. The molecule has 0 atom stereocenters. The molecule has 0 aliphatic heterocycles. The molecular formula is C12H11F2N3S2. The average Bonchev–Trinajstić information content (AvgIpc) is 2.76. The first-order chi connectivity index (χ1) is 8.99. The molecule has 0 saturated heterocycles. The van der Waals surface area contributed by atoms with Gasteiger partial charge in [-0.1, -0.05) is 12.2 Å². The van der Waals surface area contributed by atoms with Crippen LogP contribution in [0.2, 0.25) is 0 Å². The summed E-state index contributed by atoms with van der Waals surface area (Å²) in [6.45, 7) is 2.26. The molecule has 0 aliphatic rings. The molecule has 3 N–H and O–H groups in total. The topological polar surface area (TPSA) is 50.9 Å². The Bertz CT molecular complexity index is 625. The van der Waals surface area contributed by atoms with Crippen LogP contribution in [-0.2, 0) is 6.54 Å². The maximum Gasteiger partial charge on any atom is 0.182 e. The summed E-state index contributed by atoms with van der Waals surface area (Å²) in [6.07, 6.45) is 1.73. The number of rotatable bonds is 4. The van der Waals surface area contributed by atoms with E-state index in [-0.39, 0.29) is 16.2 Å². The van der Waals surface area contributed by atoms with Crippen LogP contribution in [-0.4, -0.2) is 9.97 Å².